The average Bonchev–Trinajstić information content (AvgIpc) is 2.23. The molecule has 1 heteroatoms. The fraction of sp³-hybridized carbons (Fsp3) is 0.538. The van der Waals surface area contributed by atoms with Crippen LogP contribution < -0.4 is 0 Å². The monoisotopic (exact) mass is 192 g/mol. The summed E-state index contributed by atoms with van der Waals surface area (Å²) in [5.41, 5.74) is 2.73. The molecule has 0 saturated heterocycles. The van der Waals surface area contributed by atoms with Gasteiger partial charge in [0.25, 0.3) is 0 Å². The molecule has 0 aromatic heterocycles. The second-order valence-electron chi connectivity index (χ2n) is 3.72. The topological polar surface area (TPSA) is 20.2 Å². The molecule has 0 aliphatic heterocycles. The van der Waals surface area contributed by atoms with Crippen molar-refractivity contribution < 1.29 is 5.11 Å². The molecular formula is C13H20O. The van der Waals surface area contributed by atoms with E-state index in [-0.39, 0.29) is 6.10 Å². The van der Waals surface area contributed by atoms with E-state index >= 15 is 0 Å². The summed E-state index contributed by atoms with van der Waals surface area (Å²) < 4.78 is 0. The van der Waals surface area contributed by atoms with Crippen molar-refractivity contribution in [3.05, 3.63) is 35.4 Å². The van der Waals surface area contributed by atoms with Crippen molar-refractivity contribution in [2.45, 2.75) is 39.7 Å². The maximum absolute atomic E-state index is 9.62. The van der Waals surface area contributed by atoms with Gasteiger partial charge in [-0.15, -0.1) is 0 Å². The summed E-state index contributed by atoms with van der Waals surface area (Å²) in [4.78, 5) is 0. The van der Waals surface area contributed by atoms with E-state index in [0.29, 0.717) is 5.92 Å². The molecule has 1 aliphatic carbocycles. The van der Waals surface area contributed by atoms with Crippen LogP contribution in [0.25, 0.3) is 0 Å². The number of hydrogen-bond acceptors (Lipinski definition) is 1. The molecule has 0 heterocycles. The first kappa shape index (κ1) is 11.3. The normalized spacial score (nSPS) is 24.6. The summed E-state index contributed by atoms with van der Waals surface area (Å²) >= 11 is 0. The fourth-order valence-corrected chi connectivity index (χ4v) is 1.87. The van der Waals surface area contributed by atoms with Crippen molar-refractivity contribution in [1.82, 2.24) is 0 Å². The Labute approximate surface area is 86.8 Å². The van der Waals surface area contributed by atoms with Crippen molar-refractivity contribution in [2.24, 2.45) is 5.92 Å². The van der Waals surface area contributed by atoms with Crippen molar-refractivity contribution >= 4 is 0 Å². The molecule has 0 unspecified atom stereocenters. The highest BCUT2D eigenvalue weighted by Gasteiger charge is 2.22. The van der Waals surface area contributed by atoms with E-state index in [9.17, 15) is 5.11 Å². The van der Waals surface area contributed by atoms with Crippen LogP contribution in [0.5, 0.6) is 0 Å². The lowest BCUT2D eigenvalue weighted by atomic mass is 9.83. The summed E-state index contributed by atoms with van der Waals surface area (Å²) in [7, 11) is 0. The van der Waals surface area contributed by atoms with Gasteiger partial charge >= 0.3 is 0 Å². The number of hydrogen-bond donors (Lipinski definition) is 1. The molecule has 0 saturated carbocycles. The van der Waals surface area contributed by atoms with Crippen LogP contribution in [0.3, 0.4) is 0 Å². The third-order valence-corrected chi connectivity index (χ3v) is 2.75. The first-order chi connectivity index (χ1) is 6.77. The minimum Gasteiger partial charge on any atom is -0.392 e. The number of benzene rings is 1. The van der Waals surface area contributed by atoms with Crippen molar-refractivity contribution in [3.8, 4) is 0 Å². The summed E-state index contributed by atoms with van der Waals surface area (Å²) in [6, 6.07) is 8.40. The van der Waals surface area contributed by atoms with Gasteiger partial charge in [0.15, 0.2) is 0 Å². The highest BCUT2D eigenvalue weighted by atomic mass is 16.3. The molecule has 0 spiro atoms. The number of fused-ring (bicyclic) bond motifs is 1. The molecule has 1 N–H and O–H groups in total. The van der Waals surface area contributed by atoms with E-state index in [1.54, 1.807) is 0 Å². The molecule has 0 fully saturated rings. The fourth-order valence-electron chi connectivity index (χ4n) is 1.87. The van der Waals surface area contributed by atoms with Gasteiger partial charge in [-0.1, -0.05) is 45.0 Å². The Hall–Kier alpha value is -0.820. The van der Waals surface area contributed by atoms with E-state index in [4.69, 9.17) is 0 Å². The standard InChI is InChI=1S/C11H14O.C2H6/c1-8-6-9-4-2-3-5-10(9)7-11(8)12;1-2/h2-5,8,11-12H,6-7H2,1H3;1-2H3/t8-,11-;/m1./s1. The Morgan fingerprint density at radius 1 is 1.07 bits per heavy atom. The highest BCUT2D eigenvalue weighted by molar-refractivity contribution is 5.30. The predicted molar refractivity (Wildman–Crippen MR) is 60.4 cm³/mol. The van der Waals surface area contributed by atoms with E-state index in [1.165, 1.54) is 11.1 Å². The second-order valence-corrected chi connectivity index (χ2v) is 3.72. The number of aliphatic hydroxyl groups is 1. The molecule has 0 amide bonds. The summed E-state index contributed by atoms with van der Waals surface area (Å²) in [5, 5.41) is 9.62. The third kappa shape index (κ3) is 2.36. The lowest BCUT2D eigenvalue weighted by molar-refractivity contribution is 0.109. The van der Waals surface area contributed by atoms with Gasteiger partial charge in [-0.3, -0.25) is 0 Å². The molecule has 14 heavy (non-hydrogen) atoms. The quantitative estimate of drug-likeness (QED) is 0.670. The van der Waals surface area contributed by atoms with Gasteiger partial charge < -0.3 is 5.11 Å². The molecule has 0 radical (unpaired) electrons. The lowest BCUT2D eigenvalue weighted by Gasteiger charge is -2.26. The van der Waals surface area contributed by atoms with Crippen molar-refractivity contribution in [3.63, 3.8) is 0 Å². The zero-order valence-electron chi connectivity index (χ0n) is 9.33. The molecule has 78 valence electrons. The minimum absolute atomic E-state index is 0.139. The Morgan fingerprint density at radius 3 is 2.14 bits per heavy atom. The second kappa shape index (κ2) is 5.16. The molecule has 2 rings (SSSR count). The Kier molecular flexibility index (Phi) is 4.15. The van der Waals surface area contributed by atoms with Gasteiger partial charge in [0.1, 0.15) is 0 Å². The number of rotatable bonds is 0. The van der Waals surface area contributed by atoms with Crippen LogP contribution in [0.4, 0.5) is 0 Å². The zero-order valence-corrected chi connectivity index (χ0v) is 9.33. The van der Waals surface area contributed by atoms with Gasteiger partial charge in [0, 0.05) is 0 Å². The first-order valence-electron chi connectivity index (χ1n) is 5.52. The van der Waals surface area contributed by atoms with Crippen LogP contribution in [0.2, 0.25) is 0 Å². The maximum atomic E-state index is 9.62. The maximum Gasteiger partial charge on any atom is 0.0609 e. The van der Waals surface area contributed by atoms with Crippen molar-refractivity contribution in [1.29, 1.82) is 0 Å². The third-order valence-electron chi connectivity index (χ3n) is 2.75. The summed E-state index contributed by atoms with van der Waals surface area (Å²) in [6.07, 6.45) is 1.72. The van der Waals surface area contributed by atoms with Crippen LogP contribution in [0, 0.1) is 5.92 Å². The lowest BCUT2D eigenvalue weighted by Crippen LogP contribution is -2.27. The molecular weight excluding hydrogens is 172 g/mol. The smallest absolute Gasteiger partial charge is 0.0609 e. The van der Waals surface area contributed by atoms with E-state index < -0.39 is 0 Å². The summed E-state index contributed by atoms with van der Waals surface area (Å²) in [5.74, 6) is 0.417. The Balaban J connectivity index is 0.000000461. The van der Waals surface area contributed by atoms with Crippen LogP contribution >= 0.6 is 0 Å². The van der Waals surface area contributed by atoms with Crippen LogP contribution in [-0.4, -0.2) is 11.2 Å². The van der Waals surface area contributed by atoms with Crippen LogP contribution in [0.1, 0.15) is 31.9 Å². The Bertz CT molecular complexity index is 251. The van der Waals surface area contributed by atoms with Gasteiger partial charge in [0.05, 0.1) is 6.10 Å². The SMILES string of the molecule is CC.C[C@@H]1Cc2ccccc2C[C@H]1O. The molecule has 1 aromatic rings. The molecule has 2 atom stereocenters. The van der Waals surface area contributed by atoms with E-state index in [1.807, 2.05) is 19.9 Å². The Morgan fingerprint density at radius 2 is 1.57 bits per heavy atom. The molecule has 1 nitrogen and oxygen atoms in total. The first-order valence-corrected chi connectivity index (χ1v) is 5.52. The molecule has 1 aliphatic rings. The van der Waals surface area contributed by atoms with Gasteiger partial charge in [0.2, 0.25) is 0 Å². The molecule has 1 aromatic carbocycles. The van der Waals surface area contributed by atoms with Crippen LogP contribution in [0.15, 0.2) is 24.3 Å². The van der Waals surface area contributed by atoms with Gasteiger partial charge in [-0.25, -0.2) is 0 Å². The van der Waals surface area contributed by atoms with Crippen LogP contribution in [-0.2, 0) is 12.8 Å². The van der Waals surface area contributed by atoms with E-state index in [2.05, 4.69) is 25.1 Å². The minimum atomic E-state index is -0.139. The van der Waals surface area contributed by atoms with Crippen molar-refractivity contribution in [2.75, 3.05) is 0 Å². The predicted octanol–water partition coefficient (Wildman–Crippen LogP) is 2.81. The zero-order chi connectivity index (χ0) is 10.6. The van der Waals surface area contributed by atoms with Gasteiger partial charge in [-0.05, 0) is 29.9 Å². The number of aliphatic hydroxyl groups excluding tert-OH is 1. The highest BCUT2D eigenvalue weighted by Crippen LogP contribution is 2.24. The average molecular weight is 192 g/mol. The summed E-state index contributed by atoms with van der Waals surface area (Å²) in [6.45, 7) is 6.11. The van der Waals surface area contributed by atoms with E-state index in [0.717, 1.165) is 12.8 Å². The molecule has 0 bridgehead atoms. The van der Waals surface area contributed by atoms with Gasteiger partial charge in [-0.2, -0.15) is 0 Å². The largest absolute Gasteiger partial charge is 0.392 e.